The molecule has 1 heterocycles. The molecule has 4 nitrogen and oxygen atoms in total. The van der Waals surface area contributed by atoms with E-state index in [1.807, 2.05) is 0 Å². The molecule has 0 radical (unpaired) electrons. The Kier molecular flexibility index (Phi) is 2.14. The fraction of sp³-hybridized carbons (Fsp3) is 0.333. The first-order chi connectivity index (χ1) is 5.95. The lowest BCUT2D eigenvalue weighted by molar-refractivity contribution is -0.141. The average Bonchev–Trinajstić information content (AvgIpc) is 2.32. The van der Waals surface area contributed by atoms with Crippen LogP contribution in [0.15, 0.2) is 10.9 Å². The fourth-order valence-corrected chi connectivity index (χ4v) is 0.768. The van der Waals surface area contributed by atoms with Crippen molar-refractivity contribution in [2.75, 3.05) is 0 Å². The molecule has 7 heteroatoms. The van der Waals surface area contributed by atoms with Crippen molar-refractivity contribution in [3.63, 3.8) is 0 Å². The predicted molar refractivity (Wildman–Crippen MR) is 35.7 cm³/mol. The molecule has 0 bridgehead atoms. The third-order valence-electron chi connectivity index (χ3n) is 1.32. The zero-order valence-corrected chi connectivity index (χ0v) is 6.22. The molecule has 1 rings (SSSR count). The first-order valence-corrected chi connectivity index (χ1v) is 3.19. The van der Waals surface area contributed by atoms with Gasteiger partial charge in [0.1, 0.15) is 12.2 Å². The number of alkyl halides is 3. The molecule has 0 atom stereocenters. The Morgan fingerprint density at radius 1 is 1.62 bits per heavy atom. The highest BCUT2D eigenvalue weighted by Crippen LogP contribution is 2.26. The van der Waals surface area contributed by atoms with Gasteiger partial charge in [-0.25, -0.2) is 4.68 Å². The van der Waals surface area contributed by atoms with Gasteiger partial charge in [-0.1, -0.05) is 0 Å². The normalized spacial score (nSPS) is 11.2. The molecule has 1 N–H and O–H groups in total. The van der Waals surface area contributed by atoms with Crippen molar-refractivity contribution in [2.24, 2.45) is 0 Å². The van der Waals surface area contributed by atoms with Gasteiger partial charge in [-0.2, -0.15) is 18.4 Å². The highest BCUT2D eigenvalue weighted by molar-refractivity contribution is 5.04. The van der Waals surface area contributed by atoms with Crippen molar-refractivity contribution in [1.82, 2.24) is 9.78 Å². The Hall–Kier alpha value is -1.71. The van der Waals surface area contributed by atoms with E-state index in [1.54, 1.807) is 11.2 Å². The highest BCUT2D eigenvalue weighted by Gasteiger charge is 2.33. The molecule has 0 saturated heterocycles. The molecule has 0 fully saturated rings. The summed E-state index contributed by atoms with van der Waals surface area (Å²) in [7, 11) is 0. The summed E-state index contributed by atoms with van der Waals surface area (Å²) < 4.78 is 36.5. The summed E-state index contributed by atoms with van der Waals surface area (Å²) in [6.07, 6.45) is -4.58. The van der Waals surface area contributed by atoms with Gasteiger partial charge in [-0.05, 0) is 0 Å². The topological polar surface area (TPSA) is 61.6 Å². The first-order valence-electron chi connectivity index (χ1n) is 3.19. The molecule has 0 unspecified atom stereocenters. The van der Waals surface area contributed by atoms with Gasteiger partial charge in [0, 0.05) is 6.07 Å². The van der Waals surface area contributed by atoms with Gasteiger partial charge in [-0.15, -0.1) is 0 Å². The number of aromatic nitrogens is 2. The molecular formula is C6H4F3N3O. The molecule has 70 valence electrons. The van der Waals surface area contributed by atoms with Crippen LogP contribution in [0.25, 0.3) is 0 Å². The Morgan fingerprint density at radius 3 is 2.62 bits per heavy atom. The summed E-state index contributed by atoms with van der Waals surface area (Å²) in [6, 6.07) is 1.97. The molecule has 0 aliphatic rings. The lowest BCUT2D eigenvalue weighted by Crippen LogP contribution is -2.14. The molecule has 0 aliphatic heterocycles. The Morgan fingerprint density at radius 2 is 2.23 bits per heavy atom. The van der Waals surface area contributed by atoms with E-state index in [9.17, 15) is 18.0 Å². The molecule has 0 saturated carbocycles. The van der Waals surface area contributed by atoms with E-state index in [0.29, 0.717) is 10.7 Å². The number of halogens is 3. The van der Waals surface area contributed by atoms with Gasteiger partial charge in [0.25, 0.3) is 5.56 Å². The minimum atomic E-state index is -4.58. The average molecular weight is 191 g/mol. The molecule has 0 aliphatic carbocycles. The van der Waals surface area contributed by atoms with Gasteiger partial charge >= 0.3 is 6.18 Å². The van der Waals surface area contributed by atoms with Gasteiger partial charge in [0.15, 0.2) is 0 Å². The quantitative estimate of drug-likeness (QED) is 0.710. The smallest absolute Gasteiger partial charge is 0.290 e. The molecule has 1 aromatic heterocycles. The van der Waals surface area contributed by atoms with Crippen LogP contribution in [-0.4, -0.2) is 9.78 Å². The van der Waals surface area contributed by atoms with Crippen molar-refractivity contribution in [3.05, 3.63) is 22.1 Å². The van der Waals surface area contributed by atoms with E-state index >= 15 is 0 Å². The summed E-state index contributed by atoms with van der Waals surface area (Å²) in [5, 5.41) is 9.92. The van der Waals surface area contributed by atoms with Crippen LogP contribution >= 0.6 is 0 Å². The van der Waals surface area contributed by atoms with E-state index in [4.69, 9.17) is 5.26 Å². The van der Waals surface area contributed by atoms with Gasteiger partial charge in [0.05, 0.1) is 6.07 Å². The summed E-state index contributed by atoms with van der Waals surface area (Å²) in [5.41, 5.74) is -2.01. The third-order valence-corrected chi connectivity index (χ3v) is 1.32. The van der Waals surface area contributed by atoms with Crippen LogP contribution in [0.3, 0.4) is 0 Å². The number of H-pyrrole nitrogens is 1. The Balaban J connectivity index is 3.11. The molecule has 0 amide bonds. The number of aromatic amines is 1. The Labute approximate surface area is 70.2 Å². The van der Waals surface area contributed by atoms with Crippen LogP contribution < -0.4 is 5.56 Å². The maximum Gasteiger partial charge on any atom is 0.432 e. The van der Waals surface area contributed by atoms with Crippen LogP contribution in [0.2, 0.25) is 0 Å². The largest absolute Gasteiger partial charge is 0.432 e. The molecule has 0 aromatic carbocycles. The first kappa shape index (κ1) is 9.38. The number of hydrogen-bond acceptors (Lipinski definition) is 2. The maximum absolute atomic E-state index is 12.0. The van der Waals surface area contributed by atoms with E-state index in [0.717, 1.165) is 0 Å². The maximum atomic E-state index is 12.0. The van der Waals surface area contributed by atoms with Crippen molar-refractivity contribution in [3.8, 4) is 6.07 Å². The third kappa shape index (κ3) is 1.90. The molecule has 0 spiro atoms. The van der Waals surface area contributed by atoms with Crippen molar-refractivity contribution in [2.45, 2.75) is 12.7 Å². The van der Waals surface area contributed by atoms with Crippen molar-refractivity contribution in [1.29, 1.82) is 5.26 Å². The van der Waals surface area contributed by atoms with E-state index in [1.165, 1.54) is 0 Å². The van der Waals surface area contributed by atoms with Crippen LogP contribution in [0.5, 0.6) is 0 Å². The van der Waals surface area contributed by atoms with Gasteiger partial charge in [0.2, 0.25) is 0 Å². The summed E-state index contributed by atoms with van der Waals surface area (Å²) >= 11 is 0. The second-order valence-corrected chi connectivity index (χ2v) is 2.25. The fourth-order valence-electron chi connectivity index (χ4n) is 0.768. The lowest BCUT2D eigenvalue weighted by Gasteiger charge is -2.01. The SMILES string of the molecule is N#CCn1[nH]c(C(F)(F)F)cc1=O. The number of nitriles is 1. The zero-order valence-electron chi connectivity index (χ0n) is 6.22. The van der Waals surface area contributed by atoms with E-state index in [-0.39, 0.29) is 0 Å². The van der Waals surface area contributed by atoms with Crippen LogP contribution in [0, 0.1) is 11.3 Å². The standard InChI is InChI=1S/C6H4F3N3O/c7-6(8,9)4-3-5(13)12(11-4)2-1-10/h3,11H,2H2. The van der Waals surface area contributed by atoms with Crippen LogP contribution in [0.1, 0.15) is 5.69 Å². The second kappa shape index (κ2) is 2.97. The summed E-state index contributed by atoms with van der Waals surface area (Å²) in [6.45, 7) is -0.422. The van der Waals surface area contributed by atoms with Gasteiger partial charge < -0.3 is 0 Å². The van der Waals surface area contributed by atoms with Crippen LogP contribution in [-0.2, 0) is 12.7 Å². The number of nitrogens with one attached hydrogen (secondary N) is 1. The summed E-state index contributed by atoms with van der Waals surface area (Å²) in [4.78, 5) is 10.8. The molecule has 13 heavy (non-hydrogen) atoms. The monoisotopic (exact) mass is 191 g/mol. The molecule has 1 aromatic rings. The Bertz CT molecular complexity index is 394. The number of nitrogens with zero attached hydrogens (tertiary/aromatic N) is 2. The zero-order chi connectivity index (χ0) is 10.1. The lowest BCUT2D eigenvalue weighted by atomic mass is 10.4. The number of hydrogen-bond donors (Lipinski definition) is 1. The summed E-state index contributed by atoms with van der Waals surface area (Å²) in [5.74, 6) is 0. The van der Waals surface area contributed by atoms with Crippen molar-refractivity contribution < 1.29 is 13.2 Å². The number of rotatable bonds is 1. The highest BCUT2D eigenvalue weighted by atomic mass is 19.4. The van der Waals surface area contributed by atoms with E-state index in [2.05, 4.69) is 0 Å². The minimum Gasteiger partial charge on any atom is -0.290 e. The van der Waals surface area contributed by atoms with E-state index < -0.39 is 24.0 Å². The molecular weight excluding hydrogens is 187 g/mol. The van der Waals surface area contributed by atoms with Crippen LogP contribution in [0.4, 0.5) is 13.2 Å². The van der Waals surface area contributed by atoms with Crippen molar-refractivity contribution >= 4 is 0 Å². The van der Waals surface area contributed by atoms with Gasteiger partial charge in [-0.3, -0.25) is 9.89 Å². The minimum absolute atomic E-state index is 0.414. The second-order valence-electron chi connectivity index (χ2n) is 2.25. The predicted octanol–water partition coefficient (Wildman–Crippen LogP) is 0.719.